The molecule has 0 radical (unpaired) electrons. The van der Waals surface area contributed by atoms with E-state index in [2.05, 4.69) is 10.2 Å². The number of hydrogen-bond acceptors (Lipinski definition) is 3. The molecule has 27 heavy (non-hydrogen) atoms. The number of hydrogen-bond donors (Lipinski definition) is 1. The lowest BCUT2D eigenvalue weighted by Crippen LogP contribution is -2.50. The van der Waals surface area contributed by atoms with E-state index in [-0.39, 0.29) is 11.8 Å². The number of aromatic nitrogens is 2. The Kier molecular flexibility index (Phi) is 4.58. The van der Waals surface area contributed by atoms with Gasteiger partial charge in [-0.3, -0.25) is 14.7 Å². The van der Waals surface area contributed by atoms with Gasteiger partial charge in [0.15, 0.2) is 5.69 Å². The first-order valence-electron chi connectivity index (χ1n) is 8.82. The van der Waals surface area contributed by atoms with Crippen molar-refractivity contribution < 1.29 is 9.59 Å². The van der Waals surface area contributed by atoms with Crippen molar-refractivity contribution >= 4 is 34.3 Å². The Morgan fingerprint density at radius 2 is 1.59 bits per heavy atom. The van der Waals surface area contributed by atoms with Crippen molar-refractivity contribution in [3.63, 3.8) is 0 Å². The second-order valence-corrected chi connectivity index (χ2v) is 7.15. The molecule has 0 atom stereocenters. The summed E-state index contributed by atoms with van der Waals surface area (Å²) >= 11 is 5.88. The molecule has 2 aromatic carbocycles. The van der Waals surface area contributed by atoms with Gasteiger partial charge >= 0.3 is 0 Å². The molecule has 2 amide bonds. The van der Waals surface area contributed by atoms with Gasteiger partial charge < -0.3 is 9.80 Å². The molecule has 3 aromatic rings. The smallest absolute Gasteiger partial charge is 0.275 e. The van der Waals surface area contributed by atoms with Gasteiger partial charge in [0.25, 0.3) is 11.8 Å². The van der Waals surface area contributed by atoms with Crippen LogP contribution in [0.3, 0.4) is 0 Å². The van der Waals surface area contributed by atoms with Crippen molar-refractivity contribution in [2.75, 3.05) is 26.2 Å². The van der Waals surface area contributed by atoms with E-state index >= 15 is 0 Å². The number of fused-ring (bicyclic) bond motifs is 1. The number of carbonyl (C=O) groups excluding carboxylic acids is 2. The zero-order valence-corrected chi connectivity index (χ0v) is 15.7. The minimum absolute atomic E-state index is 0.0420. The van der Waals surface area contributed by atoms with Crippen molar-refractivity contribution in [1.29, 1.82) is 0 Å². The molecule has 1 fully saturated rings. The maximum absolute atomic E-state index is 12.9. The molecule has 4 rings (SSSR count). The quantitative estimate of drug-likeness (QED) is 0.740. The first-order chi connectivity index (χ1) is 13.0. The SMILES string of the molecule is Cc1ccc2[nH]nc(C(=O)N3CCN(C(=O)c4ccc(Cl)cc4)CC3)c2c1. The van der Waals surface area contributed by atoms with E-state index in [1.807, 2.05) is 25.1 Å². The van der Waals surface area contributed by atoms with Gasteiger partial charge in [0.2, 0.25) is 0 Å². The highest BCUT2D eigenvalue weighted by Crippen LogP contribution is 2.20. The Bertz CT molecular complexity index is 1000. The van der Waals surface area contributed by atoms with E-state index in [1.165, 1.54) is 0 Å². The lowest BCUT2D eigenvalue weighted by molar-refractivity contribution is 0.0533. The fourth-order valence-electron chi connectivity index (χ4n) is 3.33. The normalized spacial score (nSPS) is 14.6. The Morgan fingerprint density at radius 1 is 0.963 bits per heavy atom. The number of aromatic amines is 1. The van der Waals surface area contributed by atoms with E-state index < -0.39 is 0 Å². The zero-order valence-electron chi connectivity index (χ0n) is 14.9. The predicted molar refractivity (Wildman–Crippen MR) is 104 cm³/mol. The van der Waals surface area contributed by atoms with Gasteiger partial charge in [-0.05, 0) is 43.3 Å². The molecular formula is C20H19ClN4O2. The number of rotatable bonds is 2. The van der Waals surface area contributed by atoms with E-state index in [0.717, 1.165) is 16.5 Å². The first-order valence-corrected chi connectivity index (χ1v) is 9.19. The van der Waals surface area contributed by atoms with E-state index in [1.54, 1.807) is 34.1 Å². The van der Waals surface area contributed by atoms with Crippen LogP contribution in [0.2, 0.25) is 5.02 Å². The summed E-state index contributed by atoms with van der Waals surface area (Å²) < 4.78 is 0. The Hall–Kier alpha value is -2.86. The molecule has 6 nitrogen and oxygen atoms in total. The average molecular weight is 383 g/mol. The third-order valence-corrected chi connectivity index (χ3v) is 5.12. The number of H-pyrrole nitrogens is 1. The average Bonchev–Trinajstić information content (AvgIpc) is 3.10. The second kappa shape index (κ2) is 7.04. The molecule has 0 saturated carbocycles. The maximum atomic E-state index is 12.9. The van der Waals surface area contributed by atoms with Crippen LogP contribution in [0.15, 0.2) is 42.5 Å². The highest BCUT2D eigenvalue weighted by atomic mass is 35.5. The Morgan fingerprint density at radius 3 is 2.26 bits per heavy atom. The van der Waals surface area contributed by atoms with Gasteiger partial charge in [0, 0.05) is 42.2 Å². The molecular weight excluding hydrogens is 364 g/mol. The standard InChI is InChI=1S/C20H19ClN4O2/c1-13-2-7-17-16(12-13)18(23-22-17)20(27)25-10-8-24(9-11-25)19(26)14-3-5-15(21)6-4-14/h2-7,12H,8-11H2,1H3,(H,22,23). The Balaban J connectivity index is 1.45. The maximum Gasteiger partial charge on any atom is 0.275 e. The number of carbonyl (C=O) groups is 2. The summed E-state index contributed by atoms with van der Waals surface area (Å²) in [4.78, 5) is 29.0. The summed E-state index contributed by atoms with van der Waals surface area (Å²) in [5.74, 6) is -0.148. The number of halogens is 1. The summed E-state index contributed by atoms with van der Waals surface area (Å²) in [7, 11) is 0. The van der Waals surface area contributed by atoms with E-state index in [9.17, 15) is 9.59 Å². The molecule has 0 spiro atoms. The second-order valence-electron chi connectivity index (χ2n) is 6.71. The monoisotopic (exact) mass is 382 g/mol. The molecule has 2 heterocycles. The summed E-state index contributed by atoms with van der Waals surface area (Å²) in [5, 5.41) is 8.56. The van der Waals surface area contributed by atoms with Gasteiger partial charge in [-0.2, -0.15) is 5.10 Å². The highest BCUT2D eigenvalue weighted by Gasteiger charge is 2.27. The van der Waals surface area contributed by atoms with Crippen molar-refractivity contribution in [3.8, 4) is 0 Å². The van der Waals surface area contributed by atoms with Gasteiger partial charge in [0.05, 0.1) is 5.52 Å². The molecule has 1 aliphatic heterocycles. The van der Waals surface area contributed by atoms with Gasteiger partial charge in [-0.15, -0.1) is 0 Å². The van der Waals surface area contributed by atoms with Gasteiger partial charge in [-0.1, -0.05) is 23.2 Å². The van der Waals surface area contributed by atoms with Crippen LogP contribution < -0.4 is 0 Å². The number of piperazine rings is 1. The third-order valence-electron chi connectivity index (χ3n) is 4.87. The molecule has 0 bridgehead atoms. The summed E-state index contributed by atoms with van der Waals surface area (Å²) in [6, 6.07) is 12.7. The highest BCUT2D eigenvalue weighted by molar-refractivity contribution is 6.30. The van der Waals surface area contributed by atoms with Crippen LogP contribution in [0.4, 0.5) is 0 Å². The van der Waals surface area contributed by atoms with Crippen molar-refractivity contribution in [3.05, 3.63) is 64.3 Å². The number of aryl methyl sites for hydroxylation is 1. The number of amides is 2. The molecule has 1 saturated heterocycles. The van der Waals surface area contributed by atoms with E-state index in [4.69, 9.17) is 11.6 Å². The van der Waals surface area contributed by atoms with Crippen molar-refractivity contribution in [1.82, 2.24) is 20.0 Å². The van der Waals surface area contributed by atoms with Crippen LogP contribution in [-0.2, 0) is 0 Å². The molecule has 1 aromatic heterocycles. The number of nitrogens with one attached hydrogen (secondary N) is 1. The van der Waals surface area contributed by atoms with Crippen molar-refractivity contribution in [2.45, 2.75) is 6.92 Å². The number of nitrogens with zero attached hydrogens (tertiary/aromatic N) is 3. The van der Waals surface area contributed by atoms with Crippen LogP contribution in [0, 0.1) is 6.92 Å². The van der Waals surface area contributed by atoms with Gasteiger partial charge in [0.1, 0.15) is 0 Å². The number of benzene rings is 2. The van der Waals surface area contributed by atoms with Crippen molar-refractivity contribution in [2.24, 2.45) is 0 Å². The summed E-state index contributed by atoms with van der Waals surface area (Å²) in [6.07, 6.45) is 0. The zero-order chi connectivity index (χ0) is 19.0. The fourth-order valence-corrected chi connectivity index (χ4v) is 3.45. The van der Waals surface area contributed by atoms with Gasteiger partial charge in [-0.25, -0.2) is 0 Å². The van der Waals surface area contributed by atoms with E-state index in [0.29, 0.717) is 42.5 Å². The molecule has 1 aliphatic rings. The lowest BCUT2D eigenvalue weighted by Gasteiger charge is -2.34. The minimum Gasteiger partial charge on any atom is -0.335 e. The molecule has 7 heteroatoms. The lowest BCUT2D eigenvalue weighted by atomic mass is 10.1. The predicted octanol–water partition coefficient (Wildman–Crippen LogP) is 3.12. The van der Waals surface area contributed by atoms with Crippen LogP contribution >= 0.6 is 11.6 Å². The first kappa shape index (κ1) is 17.5. The summed E-state index contributed by atoms with van der Waals surface area (Å²) in [6.45, 7) is 3.95. The molecule has 138 valence electrons. The van der Waals surface area contributed by atoms with Crippen LogP contribution in [0.1, 0.15) is 26.4 Å². The van der Waals surface area contributed by atoms with Crippen LogP contribution in [0.5, 0.6) is 0 Å². The summed E-state index contributed by atoms with van der Waals surface area (Å²) in [5.41, 5.74) is 2.97. The molecule has 0 unspecified atom stereocenters. The third kappa shape index (κ3) is 3.40. The van der Waals surface area contributed by atoms with Crippen LogP contribution in [-0.4, -0.2) is 58.0 Å². The Labute approximate surface area is 161 Å². The largest absolute Gasteiger partial charge is 0.335 e. The topological polar surface area (TPSA) is 69.3 Å². The minimum atomic E-state index is -0.106. The fraction of sp³-hybridized carbons (Fsp3) is 0.250. The molecule has 0 aliphatic carbocycles. The van der Waals surface area contributed by atoms with Crippen LogP contribution in [0.25, 0.3) is 10.9 Å². The molecule has 1 N–H and O–H groups in total.